The van der Waals surface area contributed by atoms with Crippen molar-refractivity contribution in [2.45, 2.75) is 3.12 Å². The van der Waals surface area contributed by atoms with Crippen molar-refractivity contribution in [3.05, 3.63) is 0 Å². The molecule has 0 radical (unpaired) electrons. The zero-order valence-electron chi connectivity index (χ0n) is 2.83. The molecule has 0 spiro atoms. The molecule has 44 valence electrons. The fraction of sp³-hybridized carbons (Fsp3) is 1.00. The maximum atomic E-state index is 5.22. The second kappa shape index (κ2) is 3.80. The fourth-order valence-electron chi connectivity index (χ4n) is 0.0357. The second-order valence-corrected chi connectivity index (χ2v) is 6.46. The smallest absolute Gasteiger partial charge is 0.0709 e. The van der Waals surface area contributed by atoms with Gasteiger partial charge in [-0.1, -0.05) is 34.8 Å². The largest absolute Gasteiger partial charge is 0.248 e. The molecule has 0 amide bonds. The molecule has 0 bridgehead atoms. The third-order valence-corrected chi connectivity index (χ3v) is 3.40. The number of alkyl halides is 3. The first-order valence-electron chi connectivity index (χ1n) is 1.09. The Morgan fingerprint density at radius 3 is 1.57 bits per heavy atom. The third kappa shape index (κ3) is 7.86. The van der Waals surface area contributed by atoms with Gasteiger partial charge < -0.3 is 0 Å². The quantitative estimate of drug-likeness (QED) is 0.484. The molecule has 0 fully saturated rings. The van der Waals surface area contributed by atoms with Crippen LogP contribution >= 0.6 is 66.3 Å². The molecule has 6 heteroatoms. The van der Waals surface area contributed by atoms with Gasteiger partial charge in [0.25, 0.3) is 0 Å². The molecule has 0 saturated heterocycles. The van der Waals surface area contributed by atoms with Gasteiger partial charge in [0.1, 0.15) is 0 Å². The lowest BCUT2D eigenvalue weighted by Crippen LogP contribution is -1.87. The maximum Gasteiger partial charge on any atom is 0.248 e. The van der Waals surface area contributed by atoms with Crippen LogP contribution in [-0.2, 0) is 0 Å². The van der Waals surface area contributed by atoms with Gasteiger partial charge in [0.2, 0.25) is 3.12 Å². The lowest BCUT2D eigenvalue weighted by Gasteiger charge is -2.02. The summed E-state index contributed by atoms with van der Waals surface area (Å²) in [6.07, 6.45) is 0. The molecule has 7 heavy (non-hydrogen) atoms. The predicted molar refractivity (Wildman–Crippen MR) is 41.3 cm³/mol. The first-order valence-corrected chi connectivity index (χ1v) is 5.20. The maximum absolute atomic E-state index is 5.22. The molecule has 0 aromatic rings. The van der Waals surface area contributed by atoms with Gasteiger partial charge in [0.05, 0.1) is 0 Å². The van der Waals surface area contributed by atoms with Gasteiger partial charge in [0, 0.05) is 10.0 Å². The van der Waals surface area contributed by atoms with Crippen LogP contribution < -0.4 is 0 Å². The van der Waals surface area contributed by atoms with Crippen molar-refractivity contribution in [3.8, 4) is 0 Å². The highest BCUT2D eigenvalue weighted by Gasteiger charge is 2.19. The third-order valence-electron chi connectivity index (χ3n) is 0.126. The highest BCUT2D eigenvalue weighted by atomic mass is 35.7. The minimum atomic E-state index is -1.29. The van der Waals surface area contributed by atoms with Crippen LogP contribution in [0.3, 0.4) is 0 Å². The van der Waals surface area contributed by atoms with E-state index in [4.69, 9.17) is 45.5 Å². The monoisotopic (exact) mass is 216 g/mol. The summed E-state index contributed by atoms with van der Waals surface area (Å²) in [6, 6.07) is 0. The molecule has 0 heterocycles. The zero-order chi connectivity index (χ0) is 5.91. The van der Waals surface area contributed by atoms with Gasteiger partial charge in [-0.2, -0.15) is 0 Å². The van der Waals surface area contributed by atoms with Crippen LogP contribution in [0.15, 0.2) is 0 Å². The van der Waals surface area contributed by atoms with Crippen LogP contribution in [0.4, 0.5) is 0 Å². The van der Waals surface area contributed by atoms with E-state index in [0.29, 0.717) is 0 Å². The van der Waals surface area contributed by atoms with Crippen molar-refractivity contribution in [1.29, 1.82) is 0 Å². The fourth-order valence-corrected chi connectivity index (χ4v) is 2.89. The molecule has 0 aliphatic carbocycles. The number of halogens is 4. The van der Waals surface area contributed by atoms with E-state index in [2.05, 4.69) is 0 Å². The standard InChI is InChI=1S/CCl4S2/c2-1(3,4)6-7-5. The SMILES string of the molecule is ClSSC(Cl)(Cl)Cl. The molecule has 0 aromatic heterocycles. The molecule has 0 nitrogen and oxygen atoms in total. The van der Waals surface area contributed by atoms with Crippen molar-refractivity contribution >= 4 is 66.3 Å². The Balaban J connectivity index is 3.15. The van der Waals surface area contributed by atoms with E-state index in [-0.39, 0.29) is 0 Å². The average Bonchev–Trinajstić information content (AvgIpc) is 1.30. The zero-order valence-corrected chi connectivity index (χ0v) is 7.49. The summed E-state index contributed by atoms with van der Waals surface area (Å²) in [4.78, 5) is 0. The Labute approximate surface area is 69.1 Å². The van der Waals surface area contributed by atoms with Gasteiger partial charge in [-0.25, -0.2) is 0 Å². The van der Waals surface area contributed by atoms with Crippen molar-refractivity contribution in [2.24, 2.45) is 0 Å². The average molecular weight is 218 g/mol. The molecule has 0 aliphatic heterocycles. The van der Waals surface area contributed by atoms with Gasteiger partial charge in [-0.15, -0.1) is 0 Å². The van der Waals surface area contributed by atoms with Gasteiger partial charge in [-0.05, 0) is 21.5 Å². The van der Waals surface area contributed by atoms with Crippen LogP contribution in [0.5, 0.6) is 0 Å². The minimum absolute atomic E-state index is 0.902. The lowest BCUT2D eigenvalue weighted by molar-refractivity contribution is 1.81. The molecule has 0 rings (SSSR count). The van der Waals surface area contributed by atoms with E-state index >= 15 is 0 Å². The lowest BCUT2D eigenvalue weighted by atomic mass is 11.8. The highest BCUT2D eigenvalue weighted by Crippen LogP contribution is 2.47. The Bertz CT molecular complexity index is 48.1. The molecule has 0 N–H and O–H groups in total. The first-order chi connectivity index (χ1) is 3.06. The molecule has 0 saturated carbocycles. The van der Waals surface area contributed by atoms with Crippen molar-refractivity contribution in [3.63, 3.8) is 0 Å². The van der Waals surface area contributed by atoms with Gasteiger partial charge in [-0.3, -0.25) is 0 Å². The summed E-state index contributed by atoms with van der Waals surface area (Å²) in [6.45, 7) is 0. The van der Waals surface area contributed by atoms with E-state index in [1.807, 2.05) is 0 Å². The van der Waals surface area contributed by atoms with Gasteiger partial charge >= 0.3 is 0 Å². The Kier molecular flexibility index (Phi) is 4.82. The van der Waals surface area contributed by atoms with Crippen molar-refractivity contribution in [1.82, 2.24) is 0 Å². The van der Waals surface area contributed by atoms with E-state index in [1.54, 1.807) is 0 Å². The first kappa shape index (κ1) is 8.86. The van der Waals surface area contributed by atoms with Crippen LogP contribution in [0.25, 0.3) is 0 Å². The Hall–Kier alpha value is 1.86. The highest BCUT2D eigenvalue weighted by molar-refractivity contribution is 8.86. The van der Waals surface area contributed by atoms with Gasteiger partial charge in [0.15, 0.2) is 0 Å². The summed E-state index contributed by atoms with van der Waals surface area (Å²) < 4.78 is -1.29. The number of hydrogen-bond donors (Lipinski definition) is 0. The summed E-state index contributed by atoms with van der Waals surface area (Å²) in [5.41, 5.74) is 0. The van der Waals surface area contributed by atoms with E-state index in [1.165, 1.54) is 0 Å². The van der Waals surface area contributed by atoms with E-state index in [9.17, 15) is 0 Å². The van der Waals surface area contributed by atoms with Crippen LogP contribution in [0, 0.1) is 0 Å². The number of rotatable bonds is 1. The molecular weight excluding hydrogens is 218 g/mol. The van der Waals surface area contributed by atoms with Crippen LogP contribution in [0.1, 0.15) is 0 Å². The molecule has 0 aromatic carbocycles. The molecule has 0 aliphatic rings. The second-order valence-electron chi connectivity index (χ2n) is 0.592. The molecule has 0 unspecified atom stereocenters. The minimum Gasteiger partial charge on any atom is -0.0709 e. The summed E-state index contributed by atoms with van der Waals surface area (Å²) in [5.74, 6) is 0. The van der Waals surface area contributed by atoms with Crippen molar-refractivity contribution < 1.29 is 0 Å². The number of hydrogen-bond acceptors (Lipinski definition) is 2. The molecule has 0 atom stereocenters. The Morgan fingerprint density at radius 1 is 1.14 bits per heavy atom. The van der Waals surface area contributed by atoms with E-state index in [0.717, 1.165) is 20.8 Å². The van der Waals surface area contributed by atoms with E-state index < -0.39 is 3.12 Å². The van der Waals surface area contributed by atoms with Crippen molar-refractivity contribution in [2.75, 3.05) is 0 Å². The normalized spacial score (nSPS) is 12.0. The van der Waals surface area contributed by atoms with Crippen LogP contribution in [0.2, 0.25) is 0 Å². The summed E-state index contributed by atoms with van der Waals surface area (Å²) in [7, 11) is 6.98. The topological polar surface area (TPSA) is 0 Å². The van der Waals surface area contributed by atoms with Crippen LogP contribution in [-0.4, -0.2) is 3.12 Å². The molecular formula is CCl4S2. The predicted octanol–water partition coefficient (Wildman–Crippen LogP) is 3.85. The summed E-state index contributed by atoms with van der Waals surface area (Å²) in [5, 5.41) is 0. The summed E-state index contributed by atoms with van der Waals surface area (Å²) >= 11 is 15.7. The Morgan fingerprint density at radius 2 is 1.57 bits per heavy atom.